The van der Waals surface area contributed by atoms with Gasteiger partial charge in [0.15, 0.2) is 0 Å². The Balaban J connectivity index is 2.02. The molecule has 1 atom stereocenters. The highest BCUT2D eigenvalue weighted by molar-refractivity contribution is 5.84. The number of anilines is 1. The molecule has 0 bridgehead atoms. The van der Waals surface area contributed by atoms with Gasteiger partial charge in [-0.1, -0.05) is 17.7 Å². The maximum absolute atomic E-state index is 11.7. The van der Waals surface area contributed by atoms with Gasteiger partial charge in [0.1, 0.15) is 6.04 Å². The Kier molecular flexibility index (Phi) is 3.44. The van der Waals surface area contributed by atoms with Gasteiger partial charge in [0, 0.05) is 12.2 Å². The van der Waals surface area contributed by atoms with E-state index in [2.05, 4.69) is 29.7 Å². The van der Waals surface area contributed by atoms with Crippen LogP contribution in [-0.2, 0) is 4.79 Å². The van der Waals surface area contributed by atoms with Crippen LogP contribution in [0.5, 0.6) is 0 Å². The Labute approximate surface area is 96.2 Å². The second kappa shape index (κ2) is 5.01. The average Bonchev–Trinajstić information content (AvgIpc) is 2.48. The van der Waals surface area contributed by atoms with Crippen molar-refractivity contribution < 1.29 is 4.79 Å². The Morgan fingerprint density at radius 1 is 1.25 bits per heavy atom. The van der Waals surface area contributed by atoms with Crippen LogP contribution in [0.15, 0.2) is 24.3 Å². The van der Waals surface area contributed by atoms with Crippen molar-refractivity contribution in [3.8, 4) is 0 Å². The second-order valence-electron chi connectivity index (χ2n) is 4.35. The SMILES string of the molecule is Cc1ccc(N[C@H]2CCCCNC2=O)cc1. The molecule has 1 aromatic rings. The molecule has 3 heteroatoms. The summed E-state index contributed by atoms with van der Waals surface area (Å²) in [5.74, 6) is 0.123. The highest BCUT2D eigenvalue weighted by Gasteiger charge is 2.19. The van der Waals surface area contributed by atoms with Gasteiger partial charge < -0.3 is 10.6 Å². The highest BCUT2D eigenvalue weighted by atomic mass is 16.2. The lowest BCUT2D eigenvalue weighted by atomic mass is 10.1. The number of hydrogen-bond donors (Lipinski definition) is 2. The number of aryl methyl sites for hydroxylation is 1. The maximum Gasteiger partial charge on any atom is 0.242 e. The molecule has 0 unspecified atom stereocenters. The van der Waals surface area contributed by atoms with Crippen molar-refractivity contribution in [1.82, 2.24) is 5.32 Å². The van der Waals surface area contributed by atoms with Gasteiger partial charge in [0.05, 0.1) is 0 Å². The van der Waals surface area contributed by atoms with Crippen LogP contribution in [0.1, 0.15) is 24.8 Å². The van der Waals surface area contributed by atoms with E-state index in [9.17, 15) is 4.79 Å². The predicted octanol–water partition coefficient (Wildman–Crippen LogP) is 2.08. The van der Waals surface area contributed by atoms with E-state index in [1.165, 1.54) is 5.56 Å². The molecule has 0 radical (unpaired) electrons. The fourth-order valence-corrected chi connectivity index (χ4v) is 1.93. The summed E-state index contributed by atoms with van der Waals surface area (Å²) in [6, 6.07) is 8.07. The number of nitrogens with one attached hydrogen (secondary N) is 2. The Hall–Kier alpha value is -1.51. The van der Waals surface area contributed by atoms with Gasteiger partial charge in [-0.05, 0) is 38.3 Å². The topological polar surface area (TPSA) is 41.1 Å². The first-order chi connectivity index (χ1) is 7.75. The van der Waals surface area contributed by atoms with E-state index in [4.69, 9.17) is 0 Å². The molecule has 1 aromatic carbocycles. The second-order valence-corrected chi connectivity index (χ2v) is 4.35. The summed E-state index contributed by atoms with van der Waals surface area (Å²) in [7, 11) is 0. The number of carbonyl (C=O) groups excluding carboxylic acids is 1. The van der Waals surface area contributed by atoms with E-state index in [1.54, 1.807) is 0 Å². The first kappa shape index (κ1) is 11.0. The molecule has 1 aliphatic rings. The number of rotatable bonds is 2. The van der Waals surface area contributed by atoms with Crippen LogP contribution in [0.3, 0.4) is 0 Å². The van der Waals surface area contributed by atoms with Crippen molar-refractivity contribution in [2.75, 3.05) is 11.9 Å². The van der Waals surface area contributed by atoms with Crippen molar-refractivity contribution in [3.05, 3.63) is 29.8 Å². The minimum atomic E-state index is -0.0785. The fraction of sp³-hybridized carbons (Fsp3) is 0.462. The zero-order chi connectivity index (χ0) is 11.4. The van der Waals surface area contributed by atoms with E-state index in [1.807, 2.05) is 12.1 Å². The first-order valence-electron chi connectivity index (χ1n) is 5.86. The Morgan fingerprint density at radius 2 is 2.00 bits per heavy atom. The highest BCUT2D eigenvalue weighted by Crippen LogP contribution is 2.14. The molecule has 1 amide bonds. The van der Waals surface area contributed by atoms with Crippen molar-refractivity contribution in [2.24, 2.45) is 0 Å². The molecule has 86 valence electrons. The van der Waals surface area contributed by atoms with Gasteiger partial charge in [0.25, 0.3) is 0 Å². The zero-order valence-corrected chi connectivity index (χ0v) is 9.62. The molecule has 2 N–H and O–H groups in total. The predicted molar refractivity (Wildman–Crippen MR) is 65.5 cm³/mol. The number of hydrogen-bond acceptors (Lipinski definition) is 2. The van der Waals surface area contributed by atoms with E-state index >= 15 is 0 Å². The van der Waals surface area contributed by atoms with Crippen LogP contribution in [0.2, 0.25) is 0 Å². The third-order valence-electron chi connectivity index (χ3n) is 2.93. The average molecular weight is 218 g/mol. The molecule has 1 aliphatic heterocycles. The minimum absolute atomic E-state index is 0.0785. The lowest BCUT2D eigenvalue weighted by Gasteiger charge is -2.16. The normalized spacial score (nSPS) is 21.1. The molecule has 0 aliphatic carbocycles. The third-order valence-corrected chi connectivity index (χ3v) is 2.93. The maximum atomic E-state index is 11.7. The van der Waals surface area contributed by atoms with Crippen molar-refractivity contribution in [3.63, 3.8) is 0 Å². The summed E-state index contributed by atoms with van der Waals surface area (Å²) >= 11 is 0. The standard InChI is InChI=1S/C13H18N2O/c1-10-5-7-11(8-6-10)15-12-4-2-3-9-14-13(12)16/h5-8,12,15H,2-4,9H2,1H3,(H,14,16)/t12-/m0/s1. The number of benzene rings is 1. The third kappa shape index (κ3) is 2.75. The van der Waals surface area contributed by atoms with E-state index in [-0.39, 0.29) is 11.9 Å². The van der Waals surface area contributed by atoms with E-state index in [0.717, 1.165) is 31.5 Å². The Bertz CT molecular complexity index is 359. The lowest BCUT2D eigenvalue weighted by molar-refractivity contribution is -0.121. The molecule has 0 spiro atoms. The van der Waals surface area contributed by atoms with Crippen molar-refractivity contribution in [2.45, 2.75) is 32.2 Å². The molecule has 16 heavy (non-hydrogen) atoms. The molecule has 1 fully saturated rings. The Morgan fingerprint density at radius 3 is 2.75 bits per heavy atom. The van der Waals surface area contributed by atoms with Crippen LogP contribution in [0, 0.1) is 6.92 Å². The minimum Gasteiger partial charge on any atom is -0.374 e. The largest absolute Gasteiger partial charge is 0.374 e. The van der Waals surface area contributed by atoms with E-state index < -0.39 is 0 Å². The van der Waals surface area contributed by atoms with Gasteiger partial charge in [-0.15, -0.1) is 0 Å². The smallest absolute Gasteiger partial charge is 0.242 e. The molecular weight excluding hydrogens is 200 g/mol. The van der Waals surface area contributed by atoms with Crippen molar-refractivity contribution >= 4 is 11.6 Å². The molecule has 1 saturated heterocycles. The van der Waals surface area contributed by atoms with Gasteiger partial charge in [0.2, 0.25) is 5.91 Å². The molecule has 1 heterocycles. The van der Waals surface area contributed by atoms with E-state index in [0.29, 0.717) is 0 Å². The lowest BCUT2D eigenvalue weighted by Crippen LogP contribution is -2.37. The fourth-order valence-electron chi connectivity index (χ4n) is 1.93. The number of carbonyl (C=O) groups is 1. The van der Waals surface area contributed by atoms with Crippen molar-refractivity contribution in [1.29, 1.82) is 0 Å². The number of amides is 1. The summed E-state index contributed by atoms with van der Waals surface area (Å²) in [4.78, 5) is 11.7. The van der Waals surface area contributed by atoms with Gasteiger partial charge in [-0.25, -0.2) is 0 Å². The summed E-state index contributed by atoms with van der Waals surface area (Å²) in [6.45, 7) is 2.87. The van der Waals surface area contributed by atoms with Crippen LogP contribution < -0.4 is 10.6 Å². The summed E-state index contributed by atoms with van der Waals surface area (Å²) < 4.78 is 0. The van der Waals surface area contributed by atoms with Gasteiger partial charge in [-0.2, -0.15) is 0 Å². The van der Waals surface area contributed by atoms with Crippen LogP contribution in [-0.4, -0.2) is 18.5 Å². The summed E-state index contributed by atoms with van der Waals surface area (Å²) in [6.07, 6.45) is 3.10. The van der Waals surface area contributed by atoms with Gasteiger partial charge in [-0.3, -0.25) is 4.79 Å². The molecular formula is C13H18N2O. The zero-order valence-electron chi connectivity index (χ0n) is 9.62. The summed E-state index contributed by atoms with van der Waals surface area (Å²) in [5.41, 5.74) is 2.25. The molecule has 0 aromatic heterocycles. The first-order valence-corrected chi connectivity index (χ1v) is 5.86. The summed E-state index contributed by atoms with van der Waals surface area (Å²) in [5, 5.41) is 6.21. The van der Waals surface area contributed by atoms with Crippen LogP contribution in [0.4, 0.5) is 5.69 Å². The molecule has 0 saturated carbocycles. The molecule has 2 rings (SSSR count). The van der Waals surface area contributed by atoms with Crippen LogP contribution in [0.25, 0.3) is 0 Å². The quantitative estimate of drug-likeness (QED) is 0.798. The monoisotopic (exact) mass is 218 g/mol. The van der Waals surface area contributed by atoms with Crippen LogP contribution >= 0.6 is 0 Å². The molecule has 3 nitrogen and oxygen atoms in total. The van der Waals surface area contributed by atoms with Gasteiger partial charge >= 0.3 is 0 Å².